The highest BCUT2D eigenvalue weighted by Crippen LogP contribution is 2.22. The summed E-state index contributed by atoms with van der Waals surface area (Å²) in [6, 6.07) is 2.73. The Hall–Kier alpha value is -1.43. The lowest BCUT2D eigenvalue weighted by atomic mass is 10.1. The fraction of sp³-hybridized carbons (Fsp3) is 0.417. The van der Waals surface area contributed by atoms with E-state index in [1.807, 2.05) is 0 Å². The smallest absolute Gasteiger partial charge is 0.326 e. The standard InChI is InChI=1S/C12H13BrN2O3/c13-9-6-11(16)15(7-9)10(12(17)18)5-8-1-3-14-4-2-8/h1-4,9-10H,5-7H2,(H,17,18). The maximum absolute atomic E-state index is 11.7. The highest BCUT2D eigenvalue weighted by atomic mass is 79.9. The molecule has 0 aliphatic carbocycles. The van der Waals surface area contributed by atoms with Gasteiger partial charge in [-0.3, -0.25) is 9.78 Å². The fourth-order valence-electron chi connectivity index (χ4n) is 2.06. The predicted molar refractivity (Wildman–Crippen MR) is 68.4 cm³/mol. The molecular weight excluding hydrogens is 300 g/mol. The van der Waals surface area contributed by atoms with E-state index in [1.165, 1.54) is 4.90 Å². The first-order valence-corrected chi connectivity index (χ1v) is 6.54. The Labute approximate surface area is 113 Å². The largest absolute Gasteiger partial charge is 0.480 e. The molecule has 1 aromatic rings. The van der Waals surface area contributed by atoms with Gasteiger partial charge in [-0.1, -0.05) is 15.9 Å². The first-order chi connectivity index (χ1) is 8.58. The average molecular weight is 313 g/mol. The van der Waals surface area contributed by atoms with Crippen LogP contribution in [0.3, 0.4) is 0 Å². The van der Waals surface area contributed by atoms with Crippen LogP contribution in [0.4, 0.5) is 0 Å². The number of aromatic nitrogens is 1. The Balaban J connectivity index is 2.14. The number of pyridine rings is 1. The van der Waals surface area contributed by atoms with Crippen LogP contribution in [0.2, 0.25) is 0 Å². The molecule has 18 heavy (non-hydrogen) atoms. The Kier molecular flexibility index (Phi) is 3.96. The quantitative estimate of drug-likeness (QED) is 0.844. The van der Waals surface area contributed by atoms with E-state index in [0.29, 0.717) is 19.4 Å². The zero-order chi connectivity index (χ0) is 13.1. The van der Waals surface area contributed by atoms with Crippen molar-refractivity contribution < 1.29 is 14.7 Å². The second-order valence-electron chi connectivity index (χ2n) is 4.26. The minimum atomic E-state index is -0.971. The lowest BCUT2D eigenvalue weighted by Crippen LogP contribution is -2.43. The minimum absolute atomic E-state index is 0.0456. The molecule has 2 heterocycles. The van der Waals surface area contributed by atoms with Gasteiger partial charge in [0, 0.05) is 36.6 Å². The van der Waals surface area contributed by atoms with Crippen LogP contribution in [-0.2, 0) is 16.0 Å². The van der Waals surface area contributed by atoms with Crippen molar-refractivity contribution in [3.63, 3.8) is 0 Å². The van der Waals surface area contributed by atoms with Gasteiger partial charge in [-0.25, -0.2) is 4.79 Å². The van der Waals surface area contributed by atoms with Crippen molar-refractivity contribution in [2.75, 3.05) is 6.54 Å². The predicted octanol–water partition coefficient (Wildman–Crippen LogP) is 1.07. The summed E-state index contributed by atoms with van der Waals surface area (Å²) in [6.07, 6.45) is 3.91. The molecule has 1 N–H and O–H groups in total. The number of nitrogens with zero attached hydrogens (tertiary/aromatic N) is 2. The number of carboxylic acid groups (broad SMARTS) is 1. The molecule has 1 aliphatic rings. The summed E-state index contributed by atoms with van der Waals surface area (Å²) in [6.45, 7) is 0.445. The number of amides is 1. The summed E-state index contributed by atoms with van der Waals surface area (Å²) in [5.41, 5.74) is 0.864. The van der Waals surface area contributed by atoms with E-state index < -0.39 is 12.0 Å². The van der Waals surface area contributed by atoms with Crippen LogP contribution >= 0.6 is 15.9 Å². The third kappa shape index (κ3) is 2.87. The number of halogens is 1. The number of likely N-dealkylation sites (tertiary alicyclic amines) is 1. The topological polar surface area (TPSA) is 70.5 Å². The molecule has 0 bridgehead atoms. The second kappa shape index (κ2) is 5.48. The molecule has 1 aliphatic heterocycles. The second-order valence-corrected chi connectivity index (χ2v) is 5.56. The number of hydrogen-bond acceptors (Lipinski definition) is 3. The number of carbonyl (C=O) groups excluding carboxylic acids is 1. The van der Waals surface area contributed by atoms with E-state index in [1.54, 1.807) is 24.5 Å². The van der Waals surface area contributed by atoms with Gasteiger partial charge in [0.25, 0.3) is 0 Å². The molecule has 96 valence electrons. The van der Waals surface area contributed by atoms with Gasteiger partial charge in [0.1, 0.15) is 6.04 Å². The van der Waals surface area contributed by atoms with Crippen LogP contribution in [0.15, 0.2) is 24.5 Å². The third-order valence-electron chi connectivity index (χ3n) is 2.95. The highest BCUT2D eigenvalue weighted by Gasteiger charge is 2.36. The molecule has 1 saturated heterocycles. The number of hydrogen-bond donors (Lipinski definition) is 1. The van der Waals surface area contributed by atoms with Crippen molar-refractivity contribution in [1.82, 2.24) is 9.88 Å². The summed E-state index contributed by atoms with van der Waals surface area (Å²) in [7, 11) is 0. The lowest BCUT2D eigenvalue weighted by Gasteiger charge is -2.24. The molecule has 0 radical (unpaired) electrons. The highest BCUT2D eigenvalue weighted by molar-refractivity contribution is 9.09. The molecule has 0 spiro atoms. The van der Waals surface area contributed by atoms with Crippen molar-refractivity contribution in [2.45, 2.75) is 23.7 Å². The lowest BCUT2D eigenvalue weighted by molar-refractivity contribution is -0.148. The normalized spacial score (nSPS) is 21.1. The first-order valence-electron chi connectivity index (χ1n) is 5.63. The van der Waals surface area contributed by atoms with Crippen LogP contribution in [0.1, 0.15) is 12.0 Å². The van der Waals surface area contributed by atoms with Gasteiger partial charge in [-0.05, 0) is 17.7 Å². The van der Waals surface area contributed by atoms with Gasteiger partial charge in [0.05, 0.1) is 0 Å². The van der Waals surface area contributed by atoms with Gasteiger partial charge in [-0.15, -0.1) is 0 Å². The third-order valence-corrected chi connectivity index (χ3v) is 3.56. The van der Waals surface area contributed by atoms with Gasteiger partial charge in [0.15, 0.2) is 0 Å². The van der Waals surface area contributed by atoms with E-state index in [-0.39, 0.29) is 10.7 Å². The summed E-state index contributed by atoms with van der Waals surface area (Å²) in [4.78, 5) is 28.4. The van der Waals surface area contributed by atoms with Gasteiger partial charge >= 0.3 is 5.97 Å². The van der Waals surface area contributed by atoms with Crippen molar-refractivity contribution in [3.05, 3.63) is 30.1 Å². The summed E-state index contributed by atoms with van der Waals surface area (Å²) < 4.78 is 0. The molecule has 6 heteroatoms. The Morgan fingerprint density at radius 3 is 2.72 bits per heavy atom. The van der Waals surface area contributed by atoms with Crippen LogP contribution in [0, 0.1) is 0 Å². The molecule has 5 nitrogen and oxygen atoms in total. The Bertz CT molecular complexity index is 452. The van der Waals surface area contributed by atoms with Gasteiger partial charge in [-0.2, -0.15) is 0 Å². The average Bonchev–Trinajstić information content (AvgIpc) is 2.66. The van der Waals surface area contributed by atoms with Crippen LogP contribution in [0.5, 0.6) is 0 Å². The van der Waals surface area contributed by atoms with Crippen molar-refractivity contribution in [1.29, 1.82) is 0 Å². The molecule has 0 aromatic carbocycles. The summed E-state index contributed by atoms with van der Waals surface area (Å²) >= 11 is 3.36. The van der Waals surface area contributed by atoms with Crippen molar-refractivity contribution in [3.8, 4) is 0 Å². The molecular formula is C12H13BrN2O3. The molecule has 0 saturated carbocycles. The molecule has 1 amide bonds. The van der Waals surface area contributed by atoms with Gasteiger partial charge in [0.2, 0.25) is 5.91 Å². The summed E-state index contributed by atoms with van der Waals surface area (Å²) in [5, 5.41) is 9.27. The maximum atomic E-state index is 11.7. The minimum Gasteiger partial charge on any atom is -0.480 e. The number of carboxylic acids is 1. The van der Waals surface area contributed by atoms with Crippen LogP contribution < -0.4 is 0 Å². The van der Waals surface area contributed by atoms with Crippen LogP contribution in [0.25, 0.3) is 0 Å². The van der Waals surface area contributed by atoms with E-state index in [4.69, 9.17) is 0 Å². The maximum Gasteiger partial charge on any atom is 0.326 e. The fourth-order valence-corrected chi connectivity index (χ4v) is 2.65. The molecule has 2 rings (SSSR count). The van der Waals surface area contributed by atoms with E-state index in [2.05, 4.69) is 20.9 Å². The number of rotatable bonds is 4. The zero-order valence-corrected chi connectivity index (χ0v) is 11.2. The van der Waals surface area contributed by atoms with E-state index in [0.717, 1.165) is 5.56 Å². The SMILES string of the molecule is O=C(O)C(Cc1ccncc1)N1CC(Br)CC1=O. The molecule has 2 unspecified atom stereocenters. The Morgan fingerprint density at radius 1 is 1.56 bits per heavy atom. The summed E-state index contributed by atoms with van der Waals surface area (Å²) in [5.74, 6) is -1.08. The van der Waals surface area contributed by atoms with Gasteiger partial charge < -0.3 is 10.0 Å². The van der Waals surface area contributed by atoms with E-state index >= 15 is 0 Å². The van der Waals surface area contributed by atoms with Crippen molar-refractivity contribution >= 4 is 27.8 Å². The van der Waals surface area contributed by atoms with Crippen LogP contribution in [-0.4, -0.2) is 44.3 Å². The molecule has 2 atom stereocenters. The molecule has 1 aromatic heterocycles. The molecule has 1 fully saturated rings. The number of alkyl halides is 1. The van der Waals surface area contributed by atoms with Crippen molar-refractivity contribution in [2.24, 2.45) is 0 Å². The Morgan fingerprint density at radius 2 is 2.22 bits per heavy atom. The van der Waals surface area contributed by atoms with E-state index in [9.17, 15) is 14.7 Å². The first kappa shape index (κ1) is 13.0. The zero-order valence-electron chi connectivity index (χ0n) is 9.62. The monoisotopic (exact) mass is 312 g/mol. The number of carbonyl (C=O) groups is 2. The number of aliphatic carboxylic acids is 1.